The molecule has 0 aliphatic rings. The van der Waals surface area contributed by atoms with Gasteiger partial charge in [0, 0.05) is 17.1 Å². The first-order chi connectivity index (χ1) is 8.95. The smallest absolute Gasteiger partial charge is 0.298 e. The maximum atomic E-state index is 12.3. The number of carbonyl (C=O) groups is 1. The van der Waals surface area contributed by atoms with E-state index in [-0.39, 0.29) is 16.4 Å². The molecular weight excluding hydrogens is 275 g/mol. The number of hydrogen-bond donors (Lipinski definition) is 2. The number of aromatic nitrogens is 2. The minimum absolute atomic E-state index is 0.0127. The van der Waals surface area contributed by atoms with Gasteiger partial charge in [0.25, 0.3) is 12.3 Å². The van der Waals surface area contributed by atoms with Crippen molar-refractivity contribution < 1.29 is 18.7 Å². The van der Waals surface area contributed by atoms with Crippen molar-refractivity contribution in [2.24, 2.45) is 0 Å². The lowest BCUT2D eigenvalue weighted by Crippen LogP contribution is -2.14. The number of carbonyl (C=O) groups excluding carboxylic acids is 1. The first kappa shape index (κ1) is 13.4. The van der Waals surface area contributed by atoms with Gasteiger partial charge < -0.3 is 5.11 Å². The second-order valence-corrected chi connectivity index (χ2v) is 4.52. The minimum Gasteiger partial charge on any atom is -0.508 e. The lowest BCUT2D eigenvalue weighted by atomic mass is 9.94. The number of rotatable bonds is 3. The number of nitrogens with one attached hydrogen (secondary N) is 1. The molecule has 0 radical (unpaired) electrons. The lowest BCUT2D eigenvalue weighted by molar-refractivity contribution is 0.102. The van der Waals surface area contributed by atoms with Crippen molar-refractivity contribution in [3.8, 4) is 5.75 Å². The number of aromatic hydroxyl groups is 1. The number of halogens is 2. The first-order valence-electron chi connectivity index (χ1n) is 5.19. The number of alkyl halides is 2. The molecule has 0 atom stereocenters. The standard InChI is InChI=1S/C10H8BF2N3O2S/c11-5-1-4(2-6(17)3-5)9(18)15-10-14-8(7(12)13)16-19-10/h1-3,7,17H,11H2,(H,14,15,16,18). The Morgan fingerprint density at radius 2 is 2.16 bits per heavy atom. The predicted molar refractivity (Wildman–Crippen MR) is 69.1 cm³/mol. The fraction of sp³-hybridized carbons (Fsp3) is 0.100. The molecule has 1 heterocycles. The summed E-state index contributed by atoms with van der Waals surface area (Å²) in [6.07, 6.45) is -2.77. The van der Waals surface area contributed by atoms with Crippen LogP contribution in [0.2, 0.25) is 0 Å². The van der Waals surface area contributed by atoms with Crippen LogP contribution < -0.4 is 10.8 Å². The minimum atomic E-state index is -2.77. The van der Waals surface area contributed by atoms with E-state index < -0.39 is 18.2 Å². The summed E-state index contributed by atoms with van der Waals surface area (Å²) >= 11 is 0.674. The van der Waals surface area contributed by atoms with Crippen molar-refractivity contribution in [3.05, 3.63) is 29.6 Å². The van der Waals surface area contributed by atoms with Crippen molar-refractivity contribution in [1.82, 2.24) is 9.36 Å². The first-order valence-corrected chi connectivity index (χ1v) is 5.97. The fourth-order valence-electron chi connectivity index (χ4n) is 1.44. The SMILES string of the molecule is Bc1cc(O)cc(C(=O)Nc2nc(C(F)F)ns2)c1. The molecule has 19 heavy (non-hydrogen) atoms. The normalized spacial score (nSPS) is 10.7. The average molecular weight is 283 g/mol. The van der Waals surface area contributed by atoms with E-state index in [1.807, 2.05) is 0 Å². The summed E-state index contributed by atoms with van der Waals surface area (Å²) in [5, 5.41) is 11.7. The van der Waals surface area contributed by atoms with E-state index in [4.69, 9.17) is 0 Å². The molecule has 2 N–H and O–H groups in total. The lowest BCUT2D eigenvalue weighted by Gasteiger charge is -2.03. The zero-order valence-corrected chi connectivity index (χ0v) is 10.5. The third-order valence-corrected chi connectivity index (χ3v) is 2.83. The van der Waals surface area contributed by atoms with E-state index in [1.54, 1.807) is 13.9 Å². The van der Waals surface area contributed by atoms with Gasteiger partial charge in [0.2, 0.25) is 11.0 Å². The van der Waals surface area contributed by atoms with E-state index in [0.717, 1.165) is 0 Å². The number of benzene rings is 1. The van der Waals surface area contributed by atoms with Crippen LogP contribution in [0.25, 0.3) is 0 Å². The zero-order chi connectivity index (χ0) is 14.0. The van der Waals surface area contributed by atoms with Crippen LogP contribution in [-0.2, 0) is 0 Å². The van der Waals surface area contributed by atoms with E-state index in [1.165, 1.54) is 12.1 Å². The Hall–Kier alpha value is -2.03. The monoisotopic (exact) mass is 283 g/mol. The third-order valence-electron chi connectivity index (χ3n) is 2.18. The van der Waals surface area contributed by atoms with Crippen LogP contribution in [0.1, 0.15) is 22.6 Å². The molecule has 1 amide bonds. The van der Waals surface area contributed by atoms with Gasteiger partial charge in [-0.05, 0) is 12.1 Å². The van der Waals surface area contributed by atoms with Crippen LogP contribution >= 0.6 is 11.5 Å². The number of phenolic OH excluding ortho intramolecular Hbond substituents is 1. The van der Waals surface area contributed by atoms with Gasteiger partial charge >= 0.3 is 0 Å². The topological polar surface area (TPSA) is 75.1 Å². The molecule has 1 aromatic carbocycles. The molecule has 9 heteroatoms. The molecule has 0 unspecified atom stereocenters. The van der Waals surface area contributed by atoms with Gasteiger partial charge in [0.1, 0.15) is 13.6 Å². The summed E-state index contributed by atoms with van der Waals surface area (Å²) < 4.78 is 28.0. The zero-order valence-electron chi connectivity index (χ0n) is 9.72. The highest BCUT2D eigenvalue weighted by Gasteiger charge is 2.16. The molecule has 0 spiro atoms. The Bertz CT molecular complexity index is 600. The molecule has 0 aliphatic heterocycles. The van der Waals surface area contributed by atoms with Gasteiger partial charge in [-0.2, -0.15) is 9.36 Å². The van der Waals surface area contributed by atoms with Gasteiger partial charge in [0.05, 0.1) is 0 Å². The molecule has 0 fully saturated rings. The van der Waals surface area contributed by atoms with Crippen LogP contribution in [0, 0.1) is 0 Å². The number of nitrogens with zero attached hydrogens (tertiary/aromatic N) is 2. The van der Waals surface area contributed by atoms with Gasteiger partial charge in [-0.3, -0.25) is 10.1 Å². The Kier molecular flexibility index (Phi) is 3.75. The maximum absolute atomic E-state index is 12.3. The number of hydrogen-bond acceptors (Lipinski definition) is 5. The molecule has 0 aliphatic carbocycles. The maximum Gasteiger partial charge on any atom is 0.298 e. The Morgan fingerprint density at radius 1 is 1.42 bits per heavy atom. The van der Waals surface area contributed by atoms with Crippen molar-refractivity contribution in [3.63, 3.8) is 0 Å². The Morgan fingerprint density at radius 3 is 2.74 bits per heavy atom. The Labute approximate surface area is 111 Å². The molecule has 98 valence electrons. The quantitative estimate of drug-likeness (QED) is 0.813. The van der Waals surface area contributed by atoms with Crippen LogP contribution in [0.4, 0.5) is 13.9 Å². The molecule has 1 aromatic heterocycles. The van der Waals surface area contributed by atoms with Crippen LogP contribution in [0.3, 0.4) is 0 Å². The van der Waals surface area contributed by atoms with E-state index >= 15 is 0 Å². The number of anilines is 1. The predicted octanol–water partition coefficient (Wildman–Crippen LogP) is 0.692. The second kappa shape index (κ2) is 5.31. The van der Waals surface area contributed by atoms with Crippen molar-refractivity contribution >= 4 is 35.9 Å². The highest BCUT2D eigenvalue weighted by atomic mass is 32.1. The van der Waals surface area contributed by atoms with E-state index in [0.29, 0.717) is 17.0 Å². The van der Waals surface area contributed by atoms with Gasteiger partial charge in [-0.25, -0.2) is 8.78 Å². The largest absolute Gasteiger partial charge is 0.508 e. The van der Waals surface area contributed by atoms with Crippen molar-refractivity contribution in [2.45, 2.75) is 6.43 Å². The molecule has 0 saturated carbocycles. The van der Waals surface area contributed by atoms with Crippen LogP contribution in [0.15, 0.2) is 18.2 Å². The van der Waals surface area contributed by atoms with Gasteiger partial charge in [-0.15, -0.1) is 0 Å². The second-order valence-electron chi connectivity index (χ2n) is 3.77. The molecule has 2 aromatic rings. The third kappa shape index (κ3) is 3.25. The van der Waals surface area contributed by atoms with Crippen LogP contribution in [-0.4, -0.2) is 28.2 Å². The molecule has 0 bridgehead atoms. The summed E-state index contributed by atoms with van der Waals surface area (Å²) in [6.45, 7) is 0. The molecule has 2 rings (SSSR count). The summed E-state index contributed by atoms with van der Waals surface area (Å²) in [5.41, 5.74) is 0.919. The summed E-state index contributed by atoms with van der Waals surface area (Å²) in [7, 11) is 1.72. The highest BCUT2D eigenvalue weighted by Crippen LogP contribution is 2.20. The molecular formula is C10H8BF2N3O2S. The average Bonchev–Trinajstić information content (AvgIpc) is 2.76. The van der Waals surface area contributed by atoms with Crippen LogP contribution in [0.5, 0.6) is 5.75 Å². The van der Waals surface area contributed by atoms with E-state index in [2.05, 4.69) is 14.7 Å². The molecule has 5 nitrogen and oxygen atoms in total. The van der Waals surface area contributed by atoms with E-state index in [9.17, 15) is 18.7 Å². The fourth-order valence-corrected chi connectivity index (χ4v) is 2.01. The number of phenols is 1. The van der Waals surface area contributed by atoms with Crippen molar-refractivity contribution in [1.29, 1.82) is 0 Å². The summed E-state index contributed by atoms with van der Waals surface area (Å²) in [4.78, 5) is 15.3. The summed E-state index contributed by atoms with van der Waals surface area (Å²) in [5.74, 6) is -1.21. The molecule has 0 saturated heterocycles. The Balaban J connectivity index is 2.15. The summed E-state index contributed by atoms with van der Waals surface area (Å²) in [6, 6.07) is 4.33. The van der Waals surface area contributed by atoms with Gasteiger partial charge in [-0.1, -0.05) is 11.5 Å². The highest BCUT2D eigenvalue weighted by molar-refractivity contribution is 7.09. The number of amides is 1. The van der Waals surface area contributed by atoms with Gasteiger partial charge in [0.15, 0.2) is 0 Å². The van der Waals surface area contributed by atoms with Crippen molar-refractivity contribution in [2.75, 3.05) is 5.32 Å².